The molecule has 1 amide bonds. The van der Waals surface area contributed by atoms with Crippen molar-refractivity contribution < 1.29 is 9.53 Å². The maximum atomic E-state index is 11.3. The number of nitrogens with one attached hydrogen (secondary N) is 1. The fourth-order valence-electron chi connectivity index (χ4n) is 1.23. The van der Waals surface area contributed by atoms with Crippen LogP contribution in [0.5, 0.6) is 0 Å². The Balaban J connectivity index is 2.05. The van der Waals surface area contributed by atoms with Gasteiger partial charge in [-0.1, -0.05) is 0 Å². The van der Waals surface area contributed by atoms with E-state index in [1.54, 1.807) is 24.5 Å². The first-order valence-corrected chi connectivity index (χ1v) is 6.07. The van der Waals surface area contributed by atoms with Crippen LogP contribution in [0.2, 0.25) is 0 Å². The summed E-state index contributed by atoms with van der Waals surface area (Å²) in [5, 5.41) is 4.96. The molecule has 0 spiro atoms. The van der Waals surface area contributed by atoms with Crippen molar-refractivity contribution in [2.24, 2.45) is 4.99 Å². The molecule has 6 heteroatoms. The van der Waals surface area contributed by atoms with Gasteiger partial charge in [-0.15, -0.1) is 0 Å². The molecule has 0 fully saturated rings. The lowest BCUT2D eigenvalue weighted by molar-refractivity contribution is 0.139. The minimum atomic E-state index is -0.412. The molecule has 0 saturated carbocycles. The summed E-state index contributed by atoms with van der Waals surface area (Å²) in [4.78, 5) is 19.0. The summed E-state index contributed by atoms with van der Waals surface area (Å²) in [5.41, 5.74) is 0.912. The lowest BCUT2D eigenvalue weighted by Gasteiger charge is -2.06. The summed E-state index contributed by atoms with van der Waals surface area (Å²) >= 11 is 4.44. The fraction of sp³-hybridized carbons (Fsp3) is 0.417. The van der Waals surface area contributed by atoms with Crippen molar-refractivity contribution in [2.75, 3.05) is 13.1 Å². The Morgan fingerprint density at radius 3 is 2.94 bits per heavy atom. The third-order valence-corrected chi connectivity index (χ3v) is 2.28. The number of carbonyl (C=O) groups excluding carboxylic acids is 1. The molecule has 18 heavy (non-hydrogen) atoms. The van der Waals surface area contributed by atoms with Gasteiger partial charge in [0.1, 0.15) is 6.61 Å². The normalized spacial score (nSPS) is 9.33. The molecule has 0 aliphatic rings. The average molecular weight is 265 g/mol. The molecule has 0 aromatic carbocycles. The van der Waals surface area contributed by atoms with Crippen LogP contribution < -0.4 is 5.32 Å². The quantitative estimate of drug-likeness (QED) is 0.466. The molecule has 0 atom stereocenters. The van der Waals surface area contributed by atoms with Gasteiger partial charge in [0.2, 0.25) is 0 Å². The standard InChI is InChI=1S/C12H15N3O2S/c16-12(15-6-2-1-5-14-10-18)17-9-11-3-7-13-8-4-11/h3-4,7-8H,1-2,5-6,9H2,(H,15,16). The van der Waals surface area contributed by atoms with Crippen LogP contribution in [-0.4, -0.2) is 29.3 Å². The van der Waals surface area contributed by atoms with Crippen LogP contribution in [0, 0.1) is 0 Å². The van der Waals surface area contributed by atoms with Gasteiger partial charge in [-0.2, -0.15) is 0 Å². The summed E-state index contributed by atoms with van der Waals surface area (Å²) in [5.74, 6) is 0. The highest BCUT2D eigenvalue weighted by Crippen LogP contribution is 1.98. The van der Waals surface area contributed by atoms with Crippen LogP contribution in [0.1, 0.15) is 18.4 Å². The number of rotatable bonds is 7. The molecular weight excluding hydrogens is 250 g/mol. The van der Waals surface area contributed by atoms with Crippen LogP contribution >= 0.6 is 12.2 Å². The van der Waals surface area contributed by atoms with Gasteiger partial charge >= 0.3 is 6.09 Å². The second-order valence-corrected chi connectivity index (χ2v) is 3.72. The number of carbonyl (C=O) groups is 1. The van der Waals surface area contributed by atoms with Gasteiger partial charge in [-0.05, 0) is 42.8 Å². The zero-order valence-electron chi connectivity index (χ0n) is 9.96. The highest BCUT2D eigenvalue weighted by molar-refractivity contribution is 7.78. The third-order valence-electron chi connectivity index (χ3n) is 2.15. The van der Waals surface area contributed by atoms with Crippen LogP contribution in [0.3, 0.4) is 0 Å². The number of alkyl carbamates (subject to hydrolysis) is 1. The maximum absolute atomic E-state index is 11.3. The molecule has 1 aromatic rings. The lowest BCUT2D eigenvalue weighted by atomic mass is 10.3. The van der Waals surface area contributed by atoms with E-state index in [0.717, 1.165) is 18.4 Å². The fourth-order valence-corrected chi connectivity index (χ4v) is 1.32. The van der Waals surface area contributed by atoms with Crippen molar-refractivity contribution in [1.29, 1.82) is 0 Å². The van der Waals surface area contributed by atoms with Gasteiger partial charge in [0.15, 0.2) is 0 Å². The zero-order valence-corrected chi connectivity index (χ0v) is 10.8. The Hall–Kier alpha value is -1.78. The lowest BCUT2D eigenvalue weighted by Crippen LogP contribution is -2.25. The first kappa shape index (κ1) is 14.3. The molecule has 0 aliphatic carbocycles. The van der Waals surface area contributed by atoms with Crippen molar-refractivity contribution in [3.63, 3.8) is 0 Å². The number of thiocarbonyl (C=S) groups is 1. The Bertz CT molecular complexity index is 405. The number of unbranched alkanes of at least 4 members (excludes halogenated alkanes) is 1. The Kier molecular flexibility index (Phi) is 7.36. The highest BCUT2D eigenvalue weighted by Gasteiger charge is 2.01. The highest BCUT2D eigenvalue weighted by atomic mass is 32.1. The number of ether oxygens (including phenoxy) is 1. The van der Waals surface area contributed by atoms with Crippen molar-refractivity contribution in [2.45, 2.75) is 19.4 Å². The van der Waals surface area contributed by atoms with Gasteiger partial charge in [-0.3, -0.25) is 4.98 Å². The second kappa shape index (κ2) is 9.27. The second-order valence-electron chi connectivity index (χ2n) is 3.54. The molecule has 1 heterocycles. The molecule has 0 aliphatic heterocycles. The number of isothiocyanates is 1. The van der Waals surface area contributed by atoms with Crippen molar-refractivity contribution >= 4 is 23.5 Å². The SMILES string of the molecule is O=C(NCCCCN=C=S)OCc1ccncc1. The molecule has 0 unspecified atom stereocenters. The van der Waals surface area contributed by atoms with E-state index in [9.17, 15) is 4.79 Å². The van der Waals surface area contributed by atoms with E-state index in [1.165, 1.54) is 0 Å². The van der Waals surface area contributed by atoms with Gasteiger partial charge < -0.3 is 10.1 Å². The summed E-state index contributed by atoms with van der Waals surface area (Å²) < 4.78 is 5.03. The van der Waals surface area contributed by atoms with E-state index in [0.29, 0.717) is 13.1 Å². The summed E-state index contributed by atoms with van der Waals surface area (Å²) in [6, 6.07) is 3.60. The van der Waals surface area contributed by atoms with Gasteiger partial charge in [0, 0.05) is 25.5 Å². The van der Waals surface area contributed by atoms with Gasteiger partial charge in [-0.25, -0.2) is 9.79 Å². The van der Waals surface area contributed by atoms with Crippen LogP contribution in [0.25, 0.3) is 0 Å². The predicted molar refractivity (Wildman–Crippen MR) is 71.6 cm³/mol. The number of pyridine rings is 1. The Morgan fingerprint density at radius 1 is 1.44 bits per heavy atom. The number of hydrogen-bond donors (Lipinski definition) is 1. The first-order valence-electron chi connectivity index (χ1n) is 5.66. The van der Waals surface area contributed by atoms with Crippen LogP contribution in [-0.2, 0) is 11.3 Å². The first-order chi connectivity index (χ1) is 8.83. The van der Waals surface area contributed by atoms with Crippen molar-refractivity contribution in [3.8, 4) is 0 Å². The number of aromatic nitrogens is 1. The van der Waals surface area contributed by atoms with E-state index in [2.05, 4.69) is 32.7 Å². The molecule has 0 bridgehead atoms. The maximum Gasteiger partial charge on any atom is 0.407 e. The van der Waals surface area contributed by atoms with Crippen LogP contribution in [0.15, 0.2) is 29.5 Å². The molecule has 96 valence electrons. The molecular formula is C12H15N3O2S. The van der Waals surface area contributed by atoms with E-state index >= 15 is 0 Å². The number of amides is 1. The number of nitrogens with zero attached hydrogens (tertiary/aromatic N) is 2. The van der Waals surface area contributed by atoms with Gasteiger partial charge in [0.25, 0.3) is 0 Å². The van der Waals surface area contributed by atoms with Crippen molar-refractivity contribution in [3.05, 3.63) is 30.1 Å². The average Bonchev–Trinajstić information content (AvgIpc) is 2.41. The molecule has 0 radical (unpaired) electrons. The zero-order chi connectivity index (χ0) is 13.1. The predicted octanol–water partition coefficient (Wildman–Crippen LogP) is 2.19. The molecule has 1 rings (SSSR count). The van der Waals surface area contributed by atoms with E-state index in [1.807, 2.05) is 0 Å². The van der Waals surface area contributed by atoms with E-state index in [-0.39, 0.29) is 6.61 Å². The minimum absolute atomic E-state index is 0.254. The van der Waals surface area contributed by atoms with E-state index < -0.39 is 6.09 Å². The monoisotopic (exact) mass is 265 g/mol. The third kappa shape index (κ3) is 6.73. The Morgan fingerprint density at radius 2 is 2.22 bits per heavy atom. The van der Waals surface area contributed by atoms with Gasteiger partial charge in [0.05, 0.1) is 5.16 Å². The topological polar surface area (TPSA) is 63.6 Å². The summed E-state index contributed by atoms with van der Waals surface area (Å²) in [6.45, 7) is 1.48. The van der Waals surface area contributed by atoms with E-state index in [4.69, 9.17) is 4.74 Å². The smallest absolute Gasteiger partial charge is 0.407 e. The molecule has 5 nitrogen and oxygen atoms in total. The molecule has 1 N–H and O–H groups in total. The number of hydrogen-bond acceptors (Lipinski definition) is 5. The molecule has 1 aromatic heterocycles. The summed E-state index contributed by atoms with van der Waals surface area (Å²) in [6.07, 6.45) is 4.62. The van der Waals surface area contributed by atoms with Crippen molar-refractivity contribution in [1.82, 2.24) is 10.3 Å². The number of aliphatic imine (C=N–C) groups is 1. The minimum Gasteiger partial charge on any atom is -0.445 e. The van der Waals surface area contributed by atoms with Crippen LogP contribution in [0.4, 0.5) is 4.79 Å². The Labute approximate surface area is 111 Å². The molecule has 0 saturated heterocycles. The largest absolute Gasteiger partial charge is 0.445 e. The summed E-state index contributed by atoms with van der Waals surface area (Å²) in [7, 11) is 0.